The minimum atomic E-state index is -0.0816. The molecule has 1 saturated heterocycles. The Balaban J connectivity index is 1.89. The van der Waals surface area contributed by atoms with Gasteiger partial charge in [-0.3, -0.25) is 0 Å². The van der Waals surface area contributed by atoms with Gasteiger partial charge in [0.05, 0.1) is 6.10 Å². The highest BCUT2D eigenvalue weighted by molar-refractivity contribution is 5.50. The quantitative estimate of drug-likeness (QED) is 0.129. The zero-order chi connectivity index (χ0) is 20.1. The number of hydrogen-bond acceptors (Lipinski definition) is 3. The summed E-state index contributed by atoms with van der Waals surface area (Å²) in [6.45, 7) is 3.07. The van der Waals surface area contributed by atoms with E-state index in [1.165, 1.54) is 83.5 Å². The van der Waals surface area contributed by atoms with E-state index >= 15 is 0 Å². The predicted octanol–water partition coefficient (Wildman–Crippen LogP) is 7.52. The second-order valence-electron chi connectivity index (χ2n) is 8.33. The van der Waals surface area contributed by atoms with Gasteiger partial charge >= 0.3 is 0 Å². The predicted molar refractivity (Wildman–Crippen MR) is 119 cm³/mol. The molecule has 0 radical (unpaired) electrons. The number of allylic oxidation sites excluding steroid dienone is 2. The summed E-state index contributed by atoms with van der Waals surface area (Å²) in [5.41, 5.74) is 0. The van der Waals surface area contributed by atoms with Crippen molar-refractivity contribution in [1.29, 1.82) is 0 Å². The van der Waals surface area contributed by atoms with Gasteiger partial charge in [0.25, 0.3) is 0 Å². The highest BCUT2D eigenvalue weighted by Gasteiger charge is 2.19. The van der Waals surface area contributed by atoms with Crippen LogP contribution in [0.3, 0.4) is 0 Å². The molecule has 1 aliphatic heterocycles. The Kier molecular flexibility index (Phi) is 17.8. The Bertz CT molecular complexity index is 361. The SMILES string of the molecule is CCCCCCCCC=CCCCCCCCC(CC=O)O[C@H]1CCCCO1. The summed E-state index contributed by atoms with van der Waals surface area (Å²) in [4.78, 5) is 10.9. The Hall–Kier alpha value is -0.670. The average Bonchev–Trinajstić information content (AvgIpc) is 2.71. The van der Waals surface area contributed by atoms with Gasteiger partial charge < -0.3 is 14.3 Å². The van der Waals surface area contributed by atoms with Crippen molar-refractivity contribution < 1.29 is 14.3 Å². The van der Waals surface area contributed by atoms with Gasteiger partial charge in [0.2, 0.25) is 0 Å². The first-order valence-corrected chi connectivity index (χ1v) is 12.2. The molecule has 0 aromatic heterocycles. The maximum absolute atomic E-state index is 10.9. The van der Waals surface area contributed by atoms with Crippen LogP contribution >= 0.6 is 0 Å². The van der Waals surface area contributed by atoms with E-state index in [1.807, 2.05) is 0 Å². The van der Waals surface area contributed by atoms with Crippen molar-refractivity contribution in [2.75, 3.05) is 6.61 Å². The Morgan fingerprint density at radius 1 is 0.893 bits per heavy atom. The molecule has 1 fully saturated rings. The number of rotatable bonds is 19. The summed E-state index contributed by atoms with van der Waals surface area (Å²) in [5, 5.41) is 0. The molecule has 1 rings (SSSR count). The number of aldehydes is 1. The van der Waals surface area contributed by atoms with Crippen LogP contribution in [0.15, 0.2) is 12.2 Å². The van der Waals surface area contributed by atoms with Gasteiger partial charge in [-0.15, -0.1) is 0 Å². The van der Waals surface area contributed by atoms with Crippen LogP contribution in [0.5, 0.6) is 0 Å². The zero-order valence-electron chi connectivity index (χ0n) is 18.5. The van der Waals surface area contributed by atoms with Crippen LogP contribution in [-0.4, -0.2) is 25.3 Å². The van der Waals surface area contributed by atoms with Crippen molar-refractivity contribution in [3.8, 4) is 0 Å². The van der Waals surface area contributed by atoms with E-state index in [-0.39, 0.29) is 12.4 Å². The number of hydrogen-bond donors (Lipinski definition) is 0. The monoisotopic (exact) mass is 394 g/mol. The lowest BCUT2D eigenvalue weighted by atomic mass is 10.0. The van der Waals surface area contributed by atoms with Crippen molar-refractivity contribution in [3.05, 3.63) is 12.2 Å². The van der Waals surface area contributed by atoms with Gasteiger partial charge in [-0.2, -0.15) is 0 Å². The summed E-state index contributed by atoms with van der Waals surface area (Å²) < 4.78 is 11.6. The Morgan fingerprint density at radius 2 is 1.54 bits per heavy atom. The smallest absolute Gasteiger partial charge is 0.157 e. The third-order valence-corrected chi connectivity index (χ3v) is 5.63. The molecule has 2 atom stereocenters. The van der Waals surface area contributed by atoms with Crippen molar-refractivity contribution in [2.45, 2.75) is 135 Å². The van der Waals surface area contributed by atoms with E-state index in [0.29, 0.717) is 6.42 Å². The second kappa shape index (κ2) is 19.6. The van der Waals surface area contributed by atoms with Crippen LogP contribution in [0.25, 0.3) is 0 Å². The molecule has 164 valence electrons. The van der Waals surface area contributed by atoms with Gasteiger partial charge in [0.15, 0.2) is 6.29 Å². The third-order valence-electron chi connectivity index (χ3n) is 5.63. The minimum absolute atomic E-state index is 0.0468. The van der Waals surface area contributed by atoms with E-state index in [9.17, 15) is 4.79 Å². The van der Waals surface area contributed by atoms with Crippen molar-refractivity contribution >= 4 is 6.29 Å². The lowest BCUT2D eigenvalue weighted by Crippen LogP contribution is -2.28. The topological polar surface area (TPSA) is 35.5 Å². The molecule has 28 heavy (non-hydrogen) atoms. The standard InChI is InChI=1S/C25H46O3/c1-2-3-4-5-6-7-8-9-10-11-12-13-14-15-16-19-24(21-22-26)28-25-20-17-18-23-27-25/h9-10,22,24-25H,2-8,11-21,23H2,1H3/t24?,25-/m0/s1. The van der Waals surface area contributed by atoms with Crippen LogP contribution in [0.1, 0.15) is 122 Å². The van der Waals surface area contributed by atoms with Gasteiger partial charge in [0.1, 0.15) is 6.29 Å². The van der Waals surface area contributed by atoms with E-state index in [4.69, 9.17) is 9.47 Å². The molecule has 0 aromatic rings. The van der Waals surface area contributed by atoms with Crippen LogP contribution in [-0.2, 0) is 14.3 Å². The minimum Gasteiger partial charge on any atom is -0.353 e. The van der Waals surface area contributed by atoms with E-state index in [1.54, 1.807) is 0 Å². The van der Waals surface area contributed by atoms with Crippen LogP contribution in [0.2, 0.25) is 0 Å². The van der Waals surface area contributed by atoms with Crippen LogP contribution < -0.4 is 0 Å². The molecule has 0 aliphatic carbocycles. The van der Waals surface area contributed by atoms with Gasteiger partial charge in [-0.05, 0) is 51.4 Å². The van der Waals surface area contributed by atoms with Gasteiger partial charge in [0, 0.05) is 13.0 Å². The summed E-state index contributed by atoms with van der Waals surface area (Å²) >= 11 is 0. The first kappa shape index (κ1) is 25.4. The summed E-state index contributed by atoms with van der Waals surface area (Å²) in [6.07, 6.45) is 27.6. The largest absolute Gasteiger partial charge is 0.353 e. The fraction of sp³-hybridized carbons (Fsp3) is 0.880. The first-order valence-electron chi connectivity index (χ1n) is 12.2. The maximum Gasteiger partial charge on any atom is 0.157 e. The molecule has 1 aliphatic rings. The average molecular weight is 395 g/mol. The fourth-order valence-corrected chi connectivity index (χ4v) is 3.82. The molecule has 0 spiro atoms. The highest BCUT2D eigenvalue weighted by atomic mass is 16.7. The van der Waals surface area contributed by atoms with Gasteiger partial charge in [-0.1, -0.05) is 76.9 Å². The molecule has 0 amide bonds. The molecular weight excluding hydrogens is 348 g/mol. The number of unbranched alkanes of at least 4 members (excludes halogenated alkanes) is 11. The highest BCUT2D eigenvalue weighted by Crippen LogP contribution is 2.19. The third kappa shape index (κ3) is 15.3. The molecule has 1 heterocycles. The number of carbonyl (C=O) groups is 1. The maximum atomic E-state index is 10.9. The Labute approximate surface area is 174 Å². The molecular formula is C25H46O3. The molecule has 0 N–H and O–H groups in total. The van der Waals surface area contributed by atoms with E-state index < -0.39 is 0 Å². The number of carbonyl (C=O) groups excluding carboxylic acids is 1. The lowest BCUT2D eigenvalue weighted by Gasteiger charge is -2.27. The molecule has 0 bridgehead atoms. The fourth-order valence-electron chi connectivity index (χ4n) is 3.82. The van der Waals surface area contributed by atoms with Crippen LogP contribution in [0.4, 0.5) is 0 Å². The molecule has 0 aromatic carbocycles. The summed E-state index contributed by atoms with van der Waals surface area (Å²) in [6, 6.07) is 0. The lowest BCUT2D eigenvalue weighted by molar-refractivity contribution is -0.190. The van der Waals surface area contributed by atoms with E-state index in [0.717, 1.165) is 38.6 Å². The molecule has 3 heteroatoms. The van der Waals surface area contributed by atoms with Crippen molar-refractivity contribution in [1.82, 2.24) is 0 Å². The molecule has 1 unspecified atom stereocenters. The molecule has 3 nitrogen and oxygen atoms in total. The summed E-state index contributed by atoms with van der Waals surface area (Å²) in [7, 11) is 0. The molecule has 0 saturated carbocycles. The normalized spacial score (nSPS) is 18.5. The van der Waals surface area contributed by atoms with Crippen LogP contribution in [0, 0.1) is 0 Å². The van der Waals surface area contributed by atoms with E-state index in [2.05, 4.69) is 19.1 Å². The van der Waals surface area contributed by atoms with Crippen molar-refractivity contribution in [3.63, 3.8) is 0 Å². The van der Waals surface area contributed by atoms with Crippen molar-refractivity contribution in [2.24, 2.45) is 0 Å². The summed E-state index contributed by atoms with van der Waals surface area (Å²) in [5.74, 6) is 0. The first-order chi connectivity index (χ1) is 13.9. The Morgan fingerprint density at radius 3 is 2.14 bits per heavy atom. The zero-order valence-corrected chi connectivity index (χ0v) is 18.5. The second-order valence-corrected chi connectivity index (χ2v) is 8.33. The number of ether oxygens (including phenoxy) is 2. The van der Waals surface area contributed by atoms with Gasteiger partial charge in [-0.25, -0.2) is 0 Å².